The maximum absolute atomic E-state index is 11.6. The van der Waals surface area contributed by atoms with Gasteiger partial charge in [0, 0.05) is 10.9 Å². The third-order valence-corrected chi connectivity index (χ3v) is 3.22. The van der Waals surface area contributed by atoms with Crippen LogP contribution >= 0.6 is 11.6 Å². The molecule has 0 bridgehead atoms. The van der Waals surface area contributed by atoms with Gasteiger partial charge in [-0.25, -0.2) is 0 Å². The second-order valence-electron chi connectivity index (χ2n) is 4.20. The van der Waals surface area contributed by atoms with Crippen molar-refractivity contribution in [2.45, 2.75) is 26.2 Å². The van der Waals surface area contributed by atoms with E-state index >= 15 is 0 Å². The van der Waals surface area contributed by atoms with Crippen molar-refractivity contribution in [2.24, 2.45) is 5.92 Å². The quantitative estimate of drug-likeness (QED) is 0.795. The standard InChI is InChI=1S/C12H15ClN2O/c1-8-7-10(13)5-6-11(8)14-15-12(16)9-3-2-4-9/h5-7,9,14H,2-4H2,1H3,(H,15,16). The van der Waals surface area contributed by atoms with Gasteiger partial charge in [0.05, 0.1) is 5.69 Å². The van der Waals surface area contributed by atoms with Crippen LogP contribution < -0.4 is 10.9 Å². The van der Waals surface area contributed by atoms with Crippen LogP contribution in [-0.2, 0) is 4.79 Å². The summed E-state index contributed by atoms with van der Waals surface area (Å²) in [5.74, 6) is 0.278. The van der Waals surface area contributed by atoms with E-state index in [1.54, 1.807) is 6.07 Å². The molecule has 4 heteroatoms. The Balaban J connectivity index is 1.91. The Kier molecular flexibility index (Phi) is 3.34. The molecule has 1 amide bonds. The number of hydrazine groups is 1. The van der Waals surface area contributed by atoms with E-state index in [9.17, 15) is 4.79 Å². The zero-order valence-electron chi connectivity index (χ0n) is 9.22. The molecule has 2 rings (SSSR count). The van der Waals surface area contributed by atoms with Crippen LogP contribution in [0.5, 0.6) is 0 Å². The van der Waals surface area contributed by atoms with Crippen molar-refractivity contribution in [3.05, 3.63) is 28.8 Å². The van der Waals surface area contributed by atoms with Crippen molar-refractivity contribution in [2.75, 3.05) is 5.43 Å². The molecule has 1 aromatic carbocycles. The first-order valence-corrected chi connectivity index (χ1v) is 5.86. The van der Waals surface area contributed by atoms with Gasteiger partial charge < -0.3 is 0 Å². The van der Waals surface area contributed by atoms with Gasteiger partial charge in [0.2, 0.25) is 5.91 Å². The van der Waals surface area contributed by atoms with Gasteiger partial charge in [-0.05, 0) is 43.5 Å². The predicted molar refractivity (Wildman–Crippen MR) is 65.3 cm³/mol. The van der Waals surface area contributed by atoms with Gasteiger partial charge in [-0.2, -0.15) is 0 Å². The lowest BCUT2D eigenvalue weighted by atomic mass is 9.85. The number of rotatable bonds is 3. The smallest absolute Gasteiger partial charge is 0.241 e. The van der Waals surface area contributed by atoms with E-state index in [0.29, 0.717) is 5.02 Å². The fourth-order valence-electron chi connectivity index (χ4n) is 1.67. The van der Waals surface area contributed by atoms with Crippen molar-refractivity contribution in [1.82, 2.24) is 5.43 Å². The summed E-state index contributed by atoms with van der Waals surface area (Å²) in [6.07, 6.45) is 3.18. The first-order valence-electron chi connectivity index (χ1n) is 5.49. The van der Waals surface area contributed by atoms with E-state index in [-0.39, 0.29) is 11.8 Å². The first-order chi connectivity index (χ1) is 7.66. The van der Waals surface area contributed by atoms with Crippen molar-refractivity contribution < 1.29 is 4.79 Å². The molecule has 16 heavy (non-hydrogen) atoms. The number of carbonyl (C=O) groups excluding carboxylic acids is 1. The van der Waals surface area contributed by atoms with Gasteiger partial charge in [-0.1, -0.05) is 18.0 Å². The molecule has 0 spiro atoms. The third kappa shape index (κ3) is 2.47. The summed E-state index contributed by atoms with van der Waals surface area (Å²) in [5.41, 5.74) is 7.56. The van der Waals surface area contributed by atoms with Crippen LogP contribution in [0.25, 0.3) is 0 Å². The Morgan fingerprint density at radius 3 is 2.75 bits per heavy atom. The van der Waals surface area contributed by atoms with Crippen LogP contribution in [0.2, 0.25) is 5.02 Å². The highest BCUT2D eigenvalue weighted by molar-refractivity contribution is 6.30. The molecular weight excluding hydrogens is 224 g/mol. The molecule has 0 radical (unpaired) electrons. The summed E-state index contributed by atoms with van der Waals surface area (Å²) >= 11 is 5.85. The molecule has 0 aliphatic heterocycles. The molecule has 0 unspecified atom stereocenters. The fraction of sp³-hybridized carbons (Fsp3) is 0.417. The molecule has 2 N–H and O–H groups in total. The minimum atomic E-state index is 0.0839. The second-order valence-corrected chi connectivity index (χ2v) is 4.64. The zero-order valence-corrected chi connectivity index (χ0v) is 9.97. The normalized spacial score (nSPS) is 15.4. The largest absolute Gasteiger partial charge is 0.298 e. The number of halogens is 1. The van der Waals surface area contributed by atoms with Crippen LogP contribution in [0.4, 0.5) is 5.69 Å². The third-order valence-electron chi connectivity index (χ3n) is 2.98. The zero-order chi connectivity index (χ0) is 11.5. The Morgan fingerprint density at radius 2 is 2.19 bits per heavy atom. The van der Waals surface area contributed by atoms with Gasteiger partial charge in [0.25, 0.3) is 0 Å². The summed E-state index contributed by atoms with van der Waals surface area (Å²) in [5, 5.41) is 0.702. The van der Waals surface area contributed by atoms with E-state index in [1.165, 1.54) is 0 Å². The number of hydrogen-bond donors (Lipinski definition) is 2. The molecule has 0 saturated heterocycles. The van der Waals surface area contributed by atoms with Crippen LogP contribution in [0.1, 0.15) is 24.8 Å². The van der Waals surface area contributed by atoms with E-state index in [4.69, 9.17) is 11.6 Å². The number of aryl methyl sites for hydroxylation is 1. The molecule has 0 aromatic heterocycles. The van der Waals surface area contributed by atoms with Gasteiger partial charge in [0.1, 0.15) is 0 Å². The highest BCUT2D eigenvalue weighted by Gasteiger charge is 2.24. The number of anilines is 1. The highest BCUT2D eigenvalue weighted by Crippen LogP contribution is 2.26. The van der Waals surface area contributed by atoms with E-state index < -0.39 is 0 Å². The minimum Gasteiger partial charge on any atom is -0.298 e. The summed E-state index contributed by atoms with van der Waals surface area (Å²) in [4.78, 5) is 11.6. The van der Waals surface area contributed by atoms with Gasteiger partial charge in [0.15, 0.2) is 0 Å². The number of hydrogen-bond acceptors (Lipinski definition) is 2. The first kappa shape index (κ1) is 11.3. The molecule has 1 aliphatic rings. The summed E-state index contributed by atoms with van der Waals surface area (Å²) in [7, 11) is 0. The van der Waals surface area contributed by atoms with Crippen LogP contribution in [0.15, 0.2) is 18.2 Å². The Morgan fingerprint density at radius 1 is 1.44 bits per heavy atom. The summed E-state index contributed by atoms with van der Waals surface area (Å²) in [6, 6.07) is 5.52. The van der Waals surface area contributed by atoms with Crippen LogP contribution in [0, 0.1) is 12.8 Å². The Hall–Kier alpha value is -1.22. The maximum Gasteiger partial charge on any atom is 0.241 e. The topological polar surface area (TPSA) is 41.1 Å². The minimum absolute atomic E-state index is 0.0839. The Labute approximate surface area is 100 Å². The molecule has 86 valence electrons. The average molecular weight is 239 g/mol. The number of nitrogens with one attached hydrogen (secondary N) is 2. The molecule has 1 aliphatic carbocycles. The van der Waals surface area contributed by atoms with Crippen molar-refractivity contribution in [3.8, 4) is 0 Å². The molecule has 0 atom stereocenters. The molecular formula is C12H15ClN2O. The molecule has 1 saturated carbocycles. The van der Waals surface area contributed by atoms with Crippen LogP contribution in [-0.4, -0.2) is 5.91 Å². The fourth-order valence-corrected chi connectivity index (χ4v) is 1.90. The summed E-state index contributed by atoms with van der Waals surface area (Å²) in [6.45, 7) is 1.95. The number of carbonyl (C=O) groups is 1. The van der Waals surface area contributed by atoms with E-state index in [2.05, 4.69) is 10.9 Å². The lowest BCUT2D eigenvalue weighted by molar-refractivity contribution is -0.126. The predicted octanol–water partition coefficient (Wildman–Crippen LogP) is 2.89. The molecule has 1 fully saturated rings. The molecule has 1 aromatic rings. The van der Waals surface area contributed by atoms with Crippen LogP contribution in [0.3, 0.4) is 0 Å². The lowest BCUT2D eigenvalue weighted by Gasteiger charge is -2.24. The van der Waals surface area contributed by atoms with Gasteiger partial charge in [-0.15, -0.1) is 0 Å². The van der Waals surface area contributed by atoms with E-state index in [1.807, 2.05) is 19.1 Å². The molecule has 3 nitrogen and oxygen atoms in total. The van der Waals surface area contributed by atoms with Crippen molar-refractivity contribution >= 4 is 23.2 Å². The number of amides is 1. The number of benzene rings is 1. The lowest BCUT2D eigenvalue weighted by Crippen LogP contribution is -2.38. The van der Waals surface area contributed by atoms with Gasteiger partial charge >= 0.3 is 0 Å². The molecule has 0 heterocycles. The van der Waals surface area contributed by atoms with Crippen molar-refractivity contribution in [1.29, 1.82) is 0 Å². The maximum atomic E-state index is 11.6. The summed E-state index contributed by atoms with van der Waals surface area (Å²) < 4.78 is 0. The average Bonchev–Trinajstić information content (AvgIpc) is 2.13. The van der Waals surface area contributed by atoms with E-state index in [0.717, 1.165) is 30.5 Å². The second kappa shape index (κ2) is 4.74. The van der Waals surface area contributed by atoms with Gasteiger partial charge in [-0.3, -0.25) is 15.6 Å². The highest BCUT2D eigenvalue weighted by atomic mass is 35.5. The van der Waals surface area contributed by atoms with Crippen molar-refractivity contribution in [3.63, 3.8) is 0 Å². The Bertz CT molecular complexity index is 402. The monoisotopic (exact) mass is 238 g/mol. The SMILES string of the molecule is Cc1cc(Cl)ccc1NNC(=O)C1CCC1.